The van der Waals surface area contributed by atoms with E-state index in [-0.39, 0.29) is 12.3 Å². The Kier molecular flexibility index (Phi) is 5.93. The smallest absolute Gasteiger partial charge is 0.413 e. The Hall–Kier alpha value is -2.61. The lowest BCUT2D eigenvalue weighted by molar-refractivity contribution is -0.120. The number of hydrogen-bond donors (Lipinski definition) is 2. The second-order valence-corrected chi connectivity index (χ2v) is 5.42. The number of aromatic nitrogens is 1. The van der Waals surface area contributed by atoms with E-state index in [9.17, 15) is 9.59 Å². The second-order valence-electron chi connectivity index (χ2n) is 4.57. The van der Waals surface area contributed by atoms with E-state index < -0.39 is 6.09 Å². The van der Waals surface area contributed by atoms with Crippen molar-refractivity contribution in [3.8, 4) is 5.75 Å². The van der Waals surface area contributed by atoms with Crippen molar-refractivity contribution in [2.24, 2.45) is 0 Å². The number of ether oxygens (including phenoxy) is 2. The van der Waals surface area contributed by atoms with Crippen LogP contribution >= 0.6 is 11.3 Å². The highest BCUT2D eigenvalue weighted by Crippen LogP contribution is 2.16. The van der Waals surface area contributed by atoms with E-state index in [0.29, 0.717) is 17.4 Å². The number of thiazole rings is 1. The van der Waals surface area contributed by atoms with Gasteiger partial charge in [0, 0.05) is 11.9 Å². The molecular formula is C15H17N3O4S. The lowest BCUT2D eigenvalue weighted by atomic mass is 10.2. The molecule has 2 N–H and O–H groups in total. The molecule has 122 valence electrons. The zero-order valence-corrected chi connectivity index (χ0v) is 13.6. The fourth-order valence-corrected chi connectivity index (χ4v) is 2.49. The average Bonchev–Trinajstić information content (AvgIpc) is 2.99. The van der Waals surface area contributed by atoms with E-state index in [4.69, 9.17) is 4.74 Å². The Labute approximate surface area is 137 Å². The molecule has 0 bridgehead atoms. The molecule has 0 aliphatic rings. The summed E-state index contributed by atoms with van der Waals surface area (Å²) in [6.07, 6.45) is -0.447. The lowest BCUT2D eigenvalue weighted by Crippen LogP contribution is -2.24. The third-order valence-electron chi connectivity index (χ3n) is 2.91. The van der Waals surface area contributed by atoms with Crippen LogP contribution in [0.4, 0.5) is 9.93 Å². The summed E-state index contributed by atoms with van der Waals surface area (Å²) in [5, 5.41) is 7.39. The molecule has 23 heavy (non-hydrogen) atoms. The molecule has 0 spiro atoms. The zero-order valence-electron chi connectivity index (χ0n) is 12.8. The van der Waals surface area contributed by atoms with Gasteiger partial charge in [0.05, 0.1) is 26.3 Å². The maximum atomic E-state index is 11.9. The van der Waals surface area contributed by atoms with Gasteiger partial charge in [-0.05, 0) is 17.7 Å². The van der Waals surface area contributed by atoms with Crippen LogP contribution in [0.2, 0.25) is 0 Å². The quantitative estimate of drug-likeness (QED) is 0.844. The summed E-state index contributed by atoms with van der Waals surface area (Å²) in [7, 11) is 2.87. The molecule has 0 atom stereocenters. The summed E-state index contributed by atoms with van der Waals surface area (Å²) < 4.78 is 9.61. The summed E-state index contributed by atoms with van der Waals surface area (Å²) in [5.41, 5.74) is 1.54. The van der Waals surface area contributed by atoms with Crippen LogP contribution in [-0.2, 0) is 22.5 Å². The summed E-state index contributed by atoms with van der Waals surface area (Å²) in [5.74, 6) is 0.595. The molecule has 2 amide bonds. The van der Waals surface area contributed by atoms with Gasteiger partial charge in [-0.1, -0.05) is 12.1 Å². The molecule has 2 rings (SSSR count). The molecule has 0 saturated carbocycles. The van der Waals surface area contributed by atoms with Crippen LogP contribution in [0.1, 0.15) is 11.3 Å². The number of rotatable bonds is 6. The van der Waals surface area contributed by atoms with Gasteiger partial charge >= 0.3 is 6.09 Å². The highest BCUT2D eigenvalue weighted by atomic mass is 32.1. The van der Waals surface area contributed by atoms with Crippen molar-refractivity contribution in [3.63, 3.8) is 0 Å². The summed E-state index contributed by atoms with van der Waals surface area (Å²) in [6.45, 7) is 0.410. The first-order valence-corrected chi connectivity index (χ1v) is 7.67. The number of nitrogens with one attached hydrogen (secondary N) is 2. The molecule has 2 aromatic rings. The van der Waals surface area contributed by atoms with Gasteiger partial charge in [0.1, 0.15) is 5.75 Å². The molecule has 1 heterocycles. The molecule has 0 aliphatic carbocycles. The SMILES string of the molecule is COC(=O)Nc1nc(CC(=O)NCc2cccc(OC)c2)cs1. The Morgan fingerprint density at radius 3 is 2.87 bits per heavy atom. The summed E-state index contributed by atoms with van der Waals surface area (Å²) in [4.78, 5) is 27.2. The van der Waals surface area contributed by atoms with E-state index in [1.54, 1.807) is 12.5 Å². The van der Waals surface area contributed by atoms with Gasteiger partial charge in [-0.25, -0.2) is 9.78 Å². The van der Waals surface area contributed by atoms with Crippen LogP contribution in [0.3, 0.4) is 0 Å². The van der Waals surface area contributed by atoms with Crippen molar-refractivity contribution in [1.82, 2.24) is 10.3 Å². The number of methoxy groups -OCH3 is 2. The predicted molar refractivity (Wildman–Crippen MR) is 86.7 cm³/mol. The molecule has 8 heteroatoms. The van der Waals surface area contributed by atoms with Crippen LogP contribution in [-0.4, -0.2) is 31.2 Å². The molecule has 0 aliphatic heterocycles. The topological polar surface area (TPSA) is 89.5 Å². The highest BCUT2D eigenvalue weighted by molar-refractivity contribution is 7.13. The molecule has 0 unspecified atom stereocenters. The van der Waals surface area contributed by atoms with Crippen molar-refractivity contribution < 1.29 is 19.1 Å². The predicted octanol–water partition coefficient (Wildman–Crippen LogP) is 2.19. The van der Waals surface area contributed by atoms with E-state index in [1.807, 2.05) is 24.3 Å². The Morgan fingerprint density at radius 2 is 2.13 bits per heavy atom. The van der Waals surface area contributed by atoms with Crippen LogP contribution in [0.25, 0.3) is 0 Å². The lowest BCUT2D eigenvalue weighted by Gasteiger charge is -2.06. The third kappa shape index (κ3) is 5.26. The van der Waals surface area contributed by atoms with Crippen molar-refractivity contribution in [2.45, 2.75) is 13.0 Å². The zero-order chi connectivity index (χ0) is 16.7. The van der Waals surface area contributed by atoms with Crippen LogP contribution in [0.15, 0.2) is 29.6 Å². The third-order valence-corrected chi connectivity index (χ3v) is 3.72. The first-order chi connectivity index (χ1) is 11.1. The molecule has 1 aromatic heterocycles. The van der Waals surface area contributed by atoms with Gasteiger partial charge < -0.3 is 14.8 Å². The molecule has 0 saturated heterocycles. The largest absolute Gasteiger partial charge is 0.497 e. The minimum absolute atomic E-state index is 0.142. The second kappa shape index (κ2) is 8.14. The van der Waals surface area contributed by atoms with Crippen molar-refractivity contribution >= 4 is 28.5 Å². The first-order valence-electron chi connectivity index (χ1n) is 6.79. The van der Waals surface area contributed by atoms with Gasteiger partial charge in [-0.3, -0.25) is 10.1 Å². The molecule has 0 fully saturated rings. The number of carbonyl (C=O) groups is 2. The van der Waals surface area contributed by atoms with Crippen molar-refractivity contribution in [3.05, 3.63) is 40.9 Å². The molecule has 1 aromatic carbocycles. The fraction of sp³-hybridized carbons (Fsp3) is 0.267. The van der Waals surface area contributed by atoms with E-state index in [1.165, 1.54) is 18.4 Å². The van der Waals surface area contributed by atoms with Crippen molar-refractivity contribution in [2.75, 3.05) is 19.5 Å². The monoisotopic (exact) mass is 335 g/mol. The van der Waals surface area contributed by atoms with E-state index >= 15 is 0 Å². The standard InChI is InChI=1S/C15H17N3O4S/c1-21-12-5-3-4-10(6-12)8-16-13(19)7-11-9-23-14(17-11)18-15(20)22-2/h3-6,9H,7-8H2,1-2H3,(H,16,19)(H,17,18,20). The molecular weight excluding hydrogens is 318 g/mol. The number of hydrogen-bond acceptors (Lipinski definition) is 6. The van der Waals surface area contributed by atoms with Crippen LogP contribution in [0.5, 0.6) is 5.75 Å². The number of nitrogens with zero attached hydrogens (tertiary/aromatic N) is 1. The van der Waals surface area contributed by atoms with Gasteiger partial charge in [0.15, 0.2) is 5.13 Å². The van der Waals surface area contributed by atoms with Gasteiger partial charge in [0.2, 0.25) is 5.91 Å². The maximum Gasteiger partial charge on any atom is 0.413 e. The van der Waals surface area contributed by atoms with Gasteiger partial charge in [0.25, 0.3) is 0 Å². The Morgan fingerprint density at radius 1 is 1.30 bits per heavy atom. The molecule has 0 radical (unpaired) electrons. The fourth-order valence-electron chi connectivity index (χ4n) is 1.79. The minimum Gasteiger partial charge on any atom is -0.497 e. The number of benzene rings is 1. The maximum absolute atomic E-state index is 11.9. The van der Waals surface area contributed by atoms with Crippen LogP contribution in [0, 0.1) is 0 Å². The van der Waals surface area contributed by atoms with E-state index in [2.05, 4.69) is 20.4 Å². The van der Waals surface area contributed by atoms with E-state index in [0.717, 1.165) is 11.3 Å². The average molecular weight is 335 g/mol. The van der Waals surface area contributed by atoms with Crippen molar-refractivity contribution in [1.29, 1.82) is 0 Å². The number of amides is 2. The van der Waals surface area contributed by atoms with Crippen LogP contribution < -0.4 is 15.4 Å². The Balaban J connectivity index is 1.83. The minimum atomic E-state index is -0.589. The Bertz CT molecular complexity index is 687. The normalized spacial score (nSPS) is 10.0. The highest BCUT2D eigenvalue weighted by Gasteiger charge is 2.10. The summed E-state index contributed by atoms with van der Waals surface area (Å²) >= 11 is 1.24. The van der Waals surface area contributed by atoms with Gasteiger partial charge in [-0.15, -0.1) is 11.3 Å². The molecule has 7 nitrogen and oxygen atoms in total. The first kappa shape index (κ1) is 16.8. The number of anilines is 1. The summed E-state index contributed by atoms with van der Waals surface area (Å²) in [6, 6.07) is 7.48. The van der Waals surface area contributed by atoms with Gasteiger partial charge in [-0.2, -0.15) is 0 Å². The number of carbonyl (C=O) groups excluding carboxylic acids is 2.